The van der Waals surface area contributed by atoms with E-state index in [1.54, 1.807) is 12.1 Å². The van der Waals surface area contributed by atoms with Gasteiger partial charge in [0.2, 0.25) is 0 Å². The molecule has 1 aliphatic carbocycles. The number of aliphatic hydroxyl groups is 1. The van der Waals surface area contributed by atoms with Crippen LogP contribution in [0.15, 0.2) is 18.2 Å². The van der Waals surface area contributed by atoms with Crippen molar-refractivity contribution in [3.05, 3.63) is 35.1 Å². The number of hydrogen-bond acceptors (Lipinski definition) is 1. The second kappa shape index (κ2) is 4.77. The Bertz CT molecular complexity index is 402. The van der Waals surface area contributed by atoms with Gasteiger partial charge in [0, 0.05) is 5.56 Å². The lowest BCUT2D eigenvalue weighted by molar-refractivity contribution is -0.0245. The molecule has 2 atom stereocenters. The van der Waals surface area contributed by atoms with Gasteiger partial charge < -0.3 is 5.11 Å². The summed E-state index contributed by atoms with van der Waals surface area (Å²) < 4.78 is 13.9. The maximum atomic E-state index is 13.9. The highest BCUT2D eigenvalue weighted by atomic mass is 19.1. The quantitative estimate of drug-likeness (QED) is 0.825. The molecule has 94 valence electrons. The Kier molecular flexibility index (Phi) is 3.53. The minimum Gasteiger partial charge on any atom is -0.385 e. The van der Waals surface area contributed by atoms with Crippen LogP contribution in [0.5, 0.6) is 0 Å². The molecule has 0 bridgehead atoms. The smallest absolute Gasteiger partial charge is 0.129 e. The Balaban J connectivity index is 2.33. The summed E-state index contributed by atoms with van der Waals surface area (Å²) in [7, 11) is 0. The topological polar surface area (TPSA) is 20.2 Å². The van der Waals surface area contributed by atoms with E-state index >= 15 is 0 Å². The van der Waals surface area contributed by atoms with Crippen molar-refractivity contribution in [2.45, 2.75) is 51.6 Å². The van der Waals surface area contributed by atoms with Crippen molar-refractivity contribution in [1.82, 2.24) is 0 Å². The van der Waals surface area contributed by atoms with Gasteiger partial charge >= 0.3 is 0 Å². The number of benzene rings is 1. The van der Waals surface area contributed by atoms with Crippen LogP contribution in [0, 0.1) is 18.7 Å². The van der Waals surface area contributed by atoms with Crippen molar-refractivity contribution in [3.8, 4) is 0 Å². The first-order chi connectivity index (χ1) is 8.05. The van der Waals surface area contributed by atoms with Crippen LogP contribution in [0.25, 0.3) is 0 Å². The maximum Gasteiger partial charge on any atom is 0.129 e. The minimum absolute atomic E-state index is 0.269. The molecule has 2 unspecified atom stereocenters. The normalized spacial score (nSPS) is 29.3. The van der Waals surface area contributed by atoms with E-state index in [1.165, 1.54) is 6.07 Å². The van der Waals surface area contributed by atoms with Gasteiger partial charge in [0.25, 0.3) is 0 Å². The van der Waals surface area contributed by atoms with Crippen LogP contribution in [-0.4, -0.2) is 5.11 Å². The number of halogens is 1. The van der Waals surface area contributed by atoms with Crippen molar-refractivity contribution in [2.24, 2.45) is 5.92 Å². The SMILES string of the molecule is CCC1CCCC(O)(c2cc(C)ccc2F)C1. The van der Waals surface area contributed by atoms with E-state index in [9.17, 15) is 9.50 Å². The molecule has 1 fully saturated rings. The van der Waals surface area contributed by atoms with E-state index in [0.29, 0.717) is 24.3 Å². The first-order valence-corrected chi connectivity index (χ1v) is 6.54. The van der Waals surface area contributed by atoms with E-state index in [0.717, 1.165) is 24.8 Å². The Morgan fingerprint density at radius 2 is 2.24 bits per heavy atom. The summed E-state index contributed by atoms with van der Waals surface area (Å²) in [5.74, 6) is 0.253. The summed E-state index contributed by atoms with van der Waals surface area (Å²) in [6.07, 6.45) is 4.60. The van der Waals surface area contributed by atoms with E-state index in [1.807, 2.05) is 6.92 Å². The molecular weight excluding hydrogens is 215 g/mol. The van der Waals surface area contributed by atoms with Gasteiger partial charge in [0.1, 0.15) is 5.82 Å². The predicted octanol–water partition coefficient (Wildman–Crippen LogP) is 3.92. The molecule has 1 aromatic rings. The summed E-state index contributed by atoms with van der Waals surface area (Å²) in [5, 5.41) is 10.7. The van der Waals surface area contributed by atoms with Crippen molar-refractivity contribution >= 4 is 0 Å². The van der Waals surface area contributed by atoms with Crippen molar-refractivity contribution in [3.63, 3.8) is 0 Å². The van der Waals surface area contributed by atoms with Gasteiger partial charge in [-0.1, -0.05) is 37.5 Å². The van der Waals surface area contributed by atoms with Crippen LogP contribution in [-0.2, 0) is 5.60 Å². The number of rotatable bonds is 2. The molecule has 17 heavy (non-hydrogen) atoms. The van der Waals surface area contributed by atoms with Gasteiger partial charge in [-0.3, -0.25) is 0 Å². The van der Waals surface area contributed by atoms with E-state index < -0.39 is 5.60 Å². The summed E-state index contributed by atoms with van der Waals surface area (Å²) in [5.41, 5.74) is 0.554. The standard InChI is InChI=1S/C15H21FO/c1-3-12-5-4-8-15(17,10-12)13-9-11(2)6-7-14(13)16/h6-7,9,12,17H,3-5,8,10H2,1-2H3. The van der Waals surface area contributed by atoms with Gasteiger partial charge in [-0.15, -0.1) is 0 Å². The van der Waals surface area contributed by atoms with Crippen molar-refractivity contribution in [1.29, 1.82) is 0 Å². The Morgan fingerprint density at radius 3 is 2.94 bits per heavy atom. The molecular formula is C15H21FO. The molecule has 0 radical (unpaired) electrons. The zero-order valence-corrected chi connectivity index (χ0v) is 10.7. The zero-order valence-electron chi connectivity index (χ0n) is 10.7. The minimum atomic E-state index is -0.949. The summed E-state index contributed by atoms with van der Waals surface area (Å²) in [6, 6.07) is 5.02. The number of aryl methyl sites for hydroxylation is 1. The van der Waals surface area contributed by atoms with Crippen LogP contribution < -0.4 is 0 Å². The molecule has 0 aliphatic heterocycles. The lowest BCUT2D eigenvalue weighted by atomic mass is 9.73. The zero-order chi connectivity index (χ0) is 12.5. The Morgan fingerprint density at radius 1 is 1.47 bits per heavy atom. The highest BCUT2D eigenvalue weighted by Gasteiger charge is 2.37. The van der Waals surface area contributed by atoms with Crippen molar-refractivity contribution < 1.29 is 9.50 Å². The summed E-state index contributed by atoms with van der Waals surface area (Å²) in [6.45, 7) is 4.08. The third kappa shape index (κ3) is 2.52. The molecule has 1 saturated carbocycles. The van der Waals surface area contributed by atoms with Gasteiger partial charge in [-0.25, -0.2) is 4.39 Å². The first kappa shape index (κ1) is 12.6. The van der Waals surface area contributed by atoms with Gasteiger partial charge in [0.05, 0.1) is 5.60 Å². The lowest BCUT2D eigenvalue weighted by Crippen LogP contribution is -2.33. The average Bonchev–Trinajstić information content (AvgIpc) is 2.32. The second-order valence-electron chi connectivity index (χ2n) is 5.39. The number of hydrogen-bond donors (Lipinski definition) is 1. The van der Waals surface area contributed by atoms with Crippen LogP contribution in [0.2, 0.25) is 0 Å². The average molecular weight is 236 g/mol. The third-order valence-corrected chi connectivity index (χ3v) is 4.03. The fourth-order valence-electron chi connectivity index (χ4n) is 2.95. The van der Waals surface area contributed by atoms with E-state index in [-0.39, 0.29) is 5.82 Å². The molecule has 2 rings (SSSR count). The summed E-state index contributed by atoms with van der Waals surface area (Å²) >= 11 is 0. The fourth-order valence-corrected chi connectivity index (χ4v) is 2.95. The lowest BCUT2D eigenvalue weighted by Gasteiger charge is -2.37. The third-order valence-electron chi connectivity index (χ3n) is 4.03. The molecule has 0 spiro atoms. The molecule has 0 amide bonds. The van der Waals surface area contributed by atoms with Crippen LogP contribution in [0.1, 0.15) is 50.2 Å². The highest BCUT2D eigenvalue weighted by molar-refractivity contribution is 5.29. The molecule has 1 nitrogen and oxygen atoms in total. The molecule has 2 heteroatoms. The molecule has 1 aliphatic rings. The van der Waals surface area contributed by atoms with E-state index in [4.69, 9.17) is 0 Å². The molecule has 0 heterocycles. The Labute approximate surface area is 103 Å². The largest absolute Gasteiger partial charge is 0.385 e. The molecule has 1 N–H and O–H groups in total. The van der Waals surface area contributed by atoms with Crippen LogP contribution >= 0.6 is 0 Å². The highest BCUT2D eigenvalue weighted by Crippen LogP contribution is 2.42. The fraction of sp³-hybridized carbons (Fsp3) is 0.600. The molecule has 0 aromatic heterocycles. The maximum absolute atomic E-state index is 13.9. The van der Waals surface area contributed by atoms with Crippen LogP contribution in [0.4, 0.5) is 4.39 Å². The molecule has 1 aromatic carbocycles. The van der Waals surface area contributed by atoms with Gasteiger partial charge in [0.15, 0.2) is 0 Å². The van der Waals surface area contributed by atoms with Gasteiger partial charge in [-0.05, 0) is 38.2 Å². The van der Waals surface area contributed by atoms with E-state index in [2.05, 4.69) is 6.92 Å². The Hall–Kier alpha value is -0.890. The molecule has 0 saturated heterocycles. The van der Waals surface area contributed by atoms with Crippen LogP contribution in [0.3, 0.4) is 0 Å². The first-order valence-electron chi connectivity index (χ1n) is 6.54. The summed E-state index contributed by atoms with van der Waals surface area (Å²) in [4.78, 5) is 0. The monoisotopic (exact) mass is 236 g/mol. The second-order valence-corrected chi connectivity index (χ2v) is 5.39. The van der Waals surface area contributed by atoms with Gasteiger partial charge in [-0.2, -0.15) is 0 Å². The van der Waals surface area contributed by atoms with Crippen molar-refractivity contribution in [2.75, 3.05) is 0 Å². The predicted molar refractivity (Wildman–Crippen MR) is 67.3 cm³/mol.